The Hall–Kier alpha value is -2.24. The van der Waals surface area contributed by atoms with Gasteiger partial charge in [0.2, 0.25) is 5.91 Å². The van der Waals surface area contributed by atoms with Crippen LogP contribution in [0.15, 0.2) is 0 Å². The van der Waals surface area contributed by atoms with Crippen LogP contribution in [-0.4, -0.2) is 88.3 Å². The van der Waals surface area contributed by atoms with E-state index in [4.69, 9.17) is 16.2 Å². The summed E-state index contributed by atoms with van der Waals surface area (Å²) in [6, 6.07) is -1.60. The van der Waals surface area contributed by atoms with Crippen LogP contribution in [0.1, 0.15) is 19.3 Å². The molecule has 2 atom stereocenters. The molecule has 0 spiro atoms. The van der Waals surface area contributed by atoms with E-state index in [2.05, 4.69) is 14.8 Å². The number of carbonyl (C=O) groups is 4. The standard InChI is InChI=1S/C16H30N4O7/c1-25-13(21)9-20(10-14(22)26-2)12(16(24)27-3)6-4-5-7-19-15(23)11(18)8-17/h11-12H,4-10,17-18H2,1-3H3,(H,19,23)/t11?,12-/m0/s1. The highest BCUT2D eigenvalue weighted by atomic mass is 16.5. The van der Waals surface area contributed by atoms with Gasteiger partial charge in [0.1, 0.15) is 6.04 Å². The molecule has 11 nitrogen and oxygen atoms in total. The largest absolute Gasteiger partial charge is 0.468 e. The first-order chi connectivity index (χ1) is 12.8. The molecule has 0 aromatic heterocycles. The predicted octanol–water partition coefficient (Wildman–Crippen LogP) is -2.25. The summed E-state index contributed by atoms with van der Waals surface area (Å²) in [6.45, 7) is -0.137. The molecule has 0 rings (SSSR count). The lowest BCUT2D eigenvalue weighted by molar-refractivity contribution is -0.153. The first kappa shape index (κ1) is 24.8. The number of nitrogens with zero attached hydrogens (tertiary/aromatic N) is 1. The van der Waals surface area contributed by atoms with E-state index in [1.54, 1.807) is 0 Å². The van der Waals surface area contributed by atoms with Crippen molar-refractivity contribution in [3.63, 3.8) is 0 Å². The molecule has 156 valence electrons. The number of unbranched alkanes of at least 4 members (excludes halogenated alkanes) is 1. The van der Waals surface area contributed by atoms with Gasteiger partial charge >= 0.3 is 17.9 Å². The number of rotatable bonds is 13. The molecule has 11 heteroatoms. The highest BCUT2D eigenvalue weighted by molar-refractivity contribution is 5.81. The predicted molar refractivity (Wildman–Crippen MR) is 95.3 cm³/mol. The monoisotopic (exact) mass is 390 g/mol. The molecule has 0 aliphatic heterocycles. The molecular formula is C16H30N4O7. The van der Waals surface area contributed by atoms with Crippen molar-refractivity contribution in [3.8, 4) is 0 Å². The van der Waals surface area contributed by atoms with Crippen LogP contribution in [0.25, 0.3) is 0 Å². The van der Waals surface area contributed by atoms with Gasteiger partial charge in [0.15, 0.2) is 0 Å². The fourth-order valence-electron chi connectivity index (χ4n) is 2.23. The zero-order valence-corrected chi connectivity index (χ0v) is 16.1. The zero-order valence-electron chi connectivity index (χ0n) is 16.1. The molecule has 0 radical (unpaired) electrons. The normalized spacial score (nSPS) is 12.8. The van der Waals surface area contributed by atoms with Crippen molar-refractivity contribution in [2.45, 2.75) is 31.3 Å². The van der Waals surface area contributed by atoms with Crippen molar-refractivity contribution in [2.75, 3.05) is 47.5 Å². The summed E-state index contributed by atoms with van der Waals surface area (Å²) < 4.78 is 14.0. The molecule has 0 fully saturated rings. The minimum absolute atomic E-state index is 0.0479. The Morgan fingerprint density at radius 3 is 1.96 bits per heavy atom. The number of methoxy groups -OCH3 is 3. The summed E-state index contributed by atoms with van der Waals surface area (Å²) in [4.78, 5) is 48.2. The third-order valence-electron chi connectivity index (χ3n) is 3.83. The number of nitrogens with two attached hydrogens (primary N) is 2. The maximum Gasteiger partial charge on any atom is 0.323 e. The molecule has 27 heavy (non-hydrogen) atoms. The maximum atomic E-state index is 12.1. The van der Waals surface area contributed by atoms with Crippen molar-refractivity contribution in [2.24, 2.45) is 11.5 Å². The number of amides is 1. The van der Waals surface area contributed by atoms with Crippen molar-refractivity contribution >= 4 is 23.8 Å². The van der Waals surface area contributed by atoms with Crippen LogP contribution in [0.4, 0.5) is 0 Å². The van der Waals surface area contributed by atoms with E-state index in [9.17, 15) is 19.2 Å². The van der Waals surface area contributed by atoms with Gasteiger partial charge < -0.3 is 31.0 Å². The van der Waals surface area contributed by atoms with Gasteiger partial charge in [-0.2, -0.15) is 0 Å². The lowest BCUT2D eigenvalue weighted by Gasteiger charge is -2.27. The molecule has 0 aromatic rings. The maximum absolute atomic E-state index is 12.1. The Bertz CT molecular complexity index is 483. The molecule has 5 N–H and O–H groups in total. The minimum atomic E-state index is -0.838. The summed E-state index contributed by atoms with van der Waals surface area (Å²) in [7, 11) is 3.64. The molecule has 0 heterocycles. The van der Waals surface area contributed by atoms with E-state index < -0.39 is 30.0 Å². The van der Waals surface area contributed by atoms with Gasteiger partial charge in [0.05, 0.1) is 40.5 Å². The van der Waals surface area contributed by atoms with Crippen LogP contribution in [0.2, 0.25) is 0 Å². The summed E-state index contributed by atoms with van der Waals surface area (Å²) in [5, 5.41) is 2.64. The van der Waals surface area contributed by atoms with Gasteiger partial charge in [-0.25, -0.2) is 0 Å². The number of hydrogen-bond acceptors (Lipinski definition) is 10. The quantitative estimate of drug-likeness (QED) is 0.178. The Labute approximate surface area is 158 Å². The minimum Gasteiger partial charge on any atom is -0.468 e. The van der Waals surface area contributed by atoms with Crippen molar-refractivity contribution in [3.05, 3.63) is 0 Å². The van der Waals surface area contributed by atoms with E-state index in [1.807, 2.05) is 0 Å². The van der Waals surface area contributed by atoms with Gasteiger partial charge in [-0.15, -0.1) is 0 Å². The SMILES string of the molecule is COC(=O)CN(CC(=O)OC)[C@@H](CCCCNC(=O)C(N)CN)C(=O)OC. The molecule has 0 saturated carbocycles. The first-order valence-corrected chi connectivity index (χ1v) is 8.49. The second kappa shape index (κ2) is 13.9. The lowest BCUT2D eigenvalue weighted by atomic mass is 10.1. The second-order valence-corrected chi connectivity index (χ2v) is 5.73. The smallest absolute Gasteiger partial charge is 0.323 e. The van der Waals surface area contributed by atoms with Crippen LogP contribution in [0.5, 0.6) is 0 Å². The third kappa shape index (κ3) is 9.87. The average molecular weight is 390 g/mol. The summed E-state index contributed by atoms with van der Waals surface area (Å²) in [6.07, 6.45) is 1.39. The van der Waals surface area contributed by atoms with E-state index in [0.29, 0.717) is 25.8 Å². The van der Waals surface area contributed by atoms with Crippen molar-refractivity contribution < 1.29 is 33.4 Å². The highest BCUT2D eigenvalue weighted by Gasteiger charge is 2.30. The fourth-order valence-corrected chi connectivity index (χ4v) is 2.23. The number of esters is 3. The lowest BCUT2D eigenvalue weighted by Crippen LogP contribution is -2.47. The van der Waals surface area contributed by atoms with Crippen LogP contribution in [-0.2, 0) is 33.4 Å². The van der Waals surface area contributed by atoms with Crippen LogP contribution in [0.3, 0.4) is 0 Å². The van der Waals surface area contributed by atoms with Gasteiger partial charge in [0, 0.05) is 13.1 Å². The van der Waals surface area contributed by atoms with Gasteiger partial charge in [-0.3, -0.25) is 24.1 Å². The van der Waals surface area contributed by atoms with Crippen LogP contribution < -0.4 is 16.8 Å². The molecule has 0 bridgehead atoms. The number of ether oxygens (including phenoxy) is 3. The summed E-state index contributed by atoms with van der Waals surface area (Å²) in [5.74, 6) is -2.14. The molecule has 1 unspecified atom stereocenters. The highest BCUT2D eigenvalue weighted by Crippen LogP contribution is 2.11. The Kier molecular flexibility index (Phi) is 12.7. The fraction of sp³-hybridized carbons (Fsp3) is 0.750. The Balaban J connectivity index is 4.79. The molecule has 0 aromatic carbocycles. The van der Waals surface area contributed by atoms with E-state index >= 15 is 0 Å². The summed E-state index contributed by atoms with van der Waals surface area (Å²) >= 11 is 0. The first-order valence-electron chi connectivity index (χ1n) is 8.49. The van der Waals surface area contributed by atoms with Crippen molar-refractivity contribution in [1.82, 2.24) is 10.2 Å². The number of nitrogens with one attached hydrogen (secondary N) is 1. The molecule has 0 aliphatic rings. The van der Waals surface area contributed by atoms with Crippen molar-refractivity contribution in [1.29, 1.82) is 0 Å². The zero-order chi connectivity index (χ0) is 20.8. The number of carbonyl (C=O) groups excluding carboxylic acids is 4. The van der Waals surface area contributed by atoms with Crippen LogP contribution in [0, 0.1) is 0 Å². The molecule has 1 amide bonds. The van der Waals surface area contributed by atoms with Gasteiger partial charge in [-0.05, 0) is 19.3 Å². The molecule has 0 aliphatic carbocycles. The molecule has 0 saturated heterocycles. The van der Waals surface area contributed by atoms with E-state index in [1.165, 1.54) is 26.2 Å². The summed E-state index contributed by atoms with van der Waals surface area (Å²) in [5.41, 5.74) is 10.8. The van der Waals surface area contributed by atoms with Crippen LogP contribution >= 0.6 is 0 Å². The Morgan fingerprint density at radius 1 is 0.963 bits per heavy atom. The second-order valence-electron chi connectivity index (χ2n) is 5.73. The van der Waals surface area contributed by atoms with E-state index in [-0.39, 0.29) is 25.5 Å². The van der Waals surface area contributed by atoms with Gasteiger partial charge in [0.25, 0.3) is 0 Å². The number of hydrogen-bond donors (Lipinski definition) is 3. The molecular weight excluding hydrogens is 360 g/mol. The Morgan fingerprint density at radius 2 is 1.52 bits per heavy atom. The van der Waals surface area contributed by atoms with E-state index in [0.717, 1.165) is 0 Å². The van der Waals surface area contributed by atoms with Gasteiger partial charge in [-0.1, -0.05) is 0 Å². The third-order valence-corrected chi connectivity index (χ3v) is 3.83. The topological polar surface area (TPSA) is 163 Å². The average Bonchev–Trinajstić information content (AvgIpc) is 2.68.